The van der Waals surface area contributed by atoms with E-state index in [1.807, 2.05) is 49.5 Å². The molecule has 7 heteroatoms. The lowest BCUT2D eigenvalue weighted by atomic mass is 10.0. The number of methoxy groups -OCH3 is 1. The SMILES string of the molecule is COc1ccc2[nH]c(C)c(CC(=O)Nc3cc4cc(-c5cn[nH]c5)ccc4cn3)c2c1. The highest BCUT2D eigenvalue weighted by atomic mass is 16.5. The number of aromatic nitrogens is 4. The van der Waals surface area contributed by atoms with Crippen molar-refractivity contribution in [3.63, 3.8) is 0 Å². The molecule has 1 amide bonds. The Hall–Kier alpha value is -4.13. The first-order valence-corrected chi connectivity index (χ1v) is 9.95. The third kappa shape index (κ3) is 3.61. The van der Waals surface area contributed by atoms with Gasteiger partial charge in [0.1, 0.15) is 11.6 Å². The van der Waals surface area contributed by atoms with Crippen LogP contribution < -0.4 is 10.1 Å². The van der Waals surface area contributed by atoms with Crippen LogP contribution in [0.15, 0.2) is 61.1 Å². The van der Waals surface area contributed by atoms with E-state index >= 15 is 0 Å². The van der Waals surface area contributed by atoms with E-state index < -0.39 is 0 Å². The summed E-state index contributed by atoms with van der Waals surface area (Å²) in [5.41, 5.74) is 4.96. The summed E-state index contributed by atoms with van der Waals surface area (Å²) < 4.78 is 5.33. The van der Waals surface area contributed by atoms with E-state index in [0.717, 1.165) is 49.8 Å². The van der Waals surface area contributed by atoms with Gasteiger partial charge < -0.3 is 15.0 Å². The summed E-state index contributed by atoms with van der Waals surface area (Å²) in [5, 5.41) is 12.8. The largest absolute Gasteiger partial charge is 0.497 e. The molecule has 5 rings (SSSR count). The van der Waals surface area contributed by atoms with Crippen LogP contribution in [0.2, 0.25) is 0 Å². The molecule has 7 nitrogen and oxygen atoms in total. The molecule has 0 fully saturated rings. The number of carbonyl (C=O) groups excluding carboxylic acids is 1. The van der Waals surface area contributed by atoms with Gasteiger partial charge in [-0.05, 0) is 53.8 Å². The number of rotatable bonds is 5. The predicted molar refractivity (Wildman–Crippen MR) is 121 cm³/mol. The Balaban J connectivity index is 1.40. The fraction of sp³-hybridized carbons (Fsp3) is 0.125. The molecule has 0 saturated carbocycles. The summed E-state index contributed by atoms with van der Waals surface area (Å²) in [6, 6.07) is 13.8. The summed E-state index contributed by atoms with van der Waals surface area (Å²) in [5.74, 6) is 1.17. The van der Waals surface area contributed by atoms with Crippen molar-refractivity contribution in [3.8, 4) is 16.9 Å². The normalized spacial score (nSPS) is 11.2. The molecule has 2 aromatic carbocycles. The van der Waals surface area contributed by atoms with E-state index in [9.17, 15) is 4.79 Å². The van der Waals surface area contributed by atoms with Crippen LogP contribution in [0, 0.1) is 6.92 Å². The molecule has 0 saturated heterocycles. The molecular formula is C24H21N5O2. The summed E-state index contributed by atoms with van der Waals surface area (Å²) >= 11 is 0. The van der Waals surface area contributed by atoms with Gasteiger partial charge in [-0.1, -0.05) is 12.1 Å². The molecule has 0 unspecified atom stereocenters. The molecule has 0 aliphatic rings. The van der Waals surface area contributed by atoms with Crippen molar-refractivity contribution >= 4 is 33.4 Å². The van der Waals surface area contributed by atoms with Gasteiger partial charge in [-0.3, -0.25) is 9.89 Å². The Labute approximate surface area is 178 Å². The monoisotopic (exact) mass is 411 g/mol. The van der Waals surface area contributed by atoms with Gasteiger partial charge in [-0.15, -0.1) is 0 Å². The minimum Gasteiger partial charge on any atom is -0.497 e. The molecule has 0 aliphatic carbocycles. The second-order valence-corrected chi connectivity index (χ2v) is 7.48. The zero-order valence-corrected chi connectivity index (χ0v) is 17.2. The number of nitrogens with one attached hydrogen (secondary N) is 3. The van der Waals surface area contributed by atoms with Crippen LogP contribution in [0.25, 0.3) is 32.8 Å². The Morgan fingerprint density at radius 1 is 1.06 bits per heavy atom. The predicted octanol–water partition coefficient (Wildman–Crippen LogP) is 4.60. The van der Waals surface area contributed by atoms with Crippen molar-refractivity contribution < 1.29 is 9.53 Å². The summed E-state index contributed by atoms with van der Waals surface area (Å²) in [4.78, 5) is 20.5. The number of aromatic amines is 2. The fourth-order valence-electron chi connectivity index (χ4n) is 3.86. The Morgan fingerprint density at radius 3 is 2.77 bits per heavy atom. The number of amides is 1. The van der Waals surface area contributed by atoms with E-state index in [1.54, 1.807) is 19.5 Å². The van der Waals surface area contributed by atoms with Crippen LogP contribution in [0.5, 0.6) is 5.75 Å². The quantitative estimate of drug-likeness (QED) is 0.394. The fourth-order valence-corrected chi connectivity index (χ4v) is 3.86. The van der Waals surface area contributed by atoms with Crippen molar-refractivity contribution in [2.24, 2.45) is 0 Å². The number of pyridine rings is 1. The molecular weight excluding hydrogens is 390 g/mol. The Kier molecular flexibility index (Phi) is 4.63. The highest BCUT2D eigenvalue weighted by Gasteiger charge is 2.14. The third-order valence-electron chi connectivity index (χ3n) is 5.48. The van der Waals surface area contributed by atoms with E-state index in [-0.39, 0.29) is 12.3 Å². The number of carbonyl (C=O) groups is 1. The van der Waals surface area contributed by atoms with Crippen LogP contribution in [-0.2, 0) is 11.2 Å². The molecule has 154 valence electrons. The Morgan fingerprint density at radius 2 is 1.97 bits per heavy atom. The number of fused-ring (bicyclic) bond motifs is 2. The first kappa shape index (κ1) is 18.9. The van der Waals surface area contributed by atoms with Gasteiger partial charge in [-0.2, -0.15) is 5.10 Å². The maximum absolute atomic E-state index is 12.8. The number of aryl methyl sites for hydroxylation is 1. The number of ether oxygens (including phenoxy) is 1. The highest BCUT2D eigenvalue weighted by molar-refractivity contribution is 5.98. The molecule has 0 aliphatic heterocycles. The minimum atomic E-state index is -0.121. The van der Waals surface area contributed by atoms with Crippen molar-refractivity contribution in [2.75, 3.05) is 12.4 Å². The molecule has 3 aromatic heterocycles. The molecule has 3 N–H and O–H groups in total. The lowest BCUT2D eigenvalue weighted by Crippen LogP contribution is -2.15. The summed E-state index contributed by atoms with van der Waals surface area (Å²) in [7, 11) is 1.64. The molecule has 0 bridgehead atoms. The number of hydrogen-bond acceptors (Lipinski definition) is 4. The topological polar surface area (TPSA) is 95.7 Å². The average molecular weight is 411 g/mol. The van der Waals surface area contributed by atoms with E-state index in [0.29, 0.717) is 5.82 Å². The number of hydrogen-bond donors (Lipinski definition) is 3. The molecule has 0 atom stereocenters. The van der Waals surface area contributed by atoms with Gasteiger partial charge in [0.2, 0.25) is 5.91 Å². The van der Waals surface area contributed by atoms with Crippen molar-refractivity contribution in [1.29, 1.82) is 0 Å². The van der Waals surface area contributed by atoms with Crippen LogP contribution >= 0.6 is 0 Å². The molecule has 5 aromatic rings. The summed E-state index contributed by atoms with van der Waals surface area (Å²) in [6.45, 7) is 1.97. The van der Waals surface area contributed by atoms with Gasteiger partial charge >= 0.3 is 0 Å². The second kappa shape index (κ2) is 7.60. The van der Waals surface area contributed by atoms with Gasteiger partial charge in [-0.25, -0.2) is 4.98 Å². The van der Waals surface area contributed by atoms with Crippen LogP contribution in [0.3, 0.4) is 0 Å². The standard InChI is InChI=1S/C24H21N5O2/c1-14-20(21-9-19(31-2)5-6-22(21)28-14)10-24(30)29-23-8-17-7-15(18-12-26-27-13-18)3-4-16(17)11-25-23/h3-9,11-13,28H,10H2,1-2H3,(H,26,27)(H,25,29,30). The average Bonchev–Trinajstić information content (AvgIpc) is 3.41. The second-order valence-electron chi connectivity index (χ2n) is 7.48. The van der Waals surface area contributed by atoms with Gasteiger partial charge in [0, 0.05) is 39.9 Å². The van der Waals surface area contributed by atoms with Gasteiger partial charge in [0.05, 0.1) is 19.7 Å². The molecule has 31 heavy (non-hydrogen) atoms. The van der Waals surface area contributed by atoms with Crippen molar-refractivity contribution in [1.82, 2.24) is 20.2 Å². The smallest absolute Gasteiger partial charge is 0.230 e. The number of H-pyrrole nitrogens is 2. The zero-order valence-electron chi connectivity index (χ0n) is 17.2. The maximum atomic E-state index is 12.8. The van der Waals surface area contributed by atoms with Crippen LogP contribution in [0.1, 0.15) is 11.3 Å². The third-order valence-corrected chi connectivity index (χ3v) is 5.48. The van der Waals surface area contributed by atoms with Gasteiger partial charge in [0.15, 0.2) is 0 Å². The molecule has 0 radical (unpaired) electrons. The van der Waals surface area contributed by atoms with Crippen molar-refractivity contribution in [2.45, 2.75) is 13.3 Å². The molecule has 3 heterocycles. The maximum Gasteiger partial charge on any atom is 0.230 e. The lowest BCUT2D eigenvalue weighted by molar-refractivity contribution is -0.115. The Bertz CT molecular complexity index is 1400. The minimum absolute atomic E-state index is 0.121. The van der Waals surface area contributed by atoms with E-state index in [1.165, 1.54) is 0 Å². The van der Waals surface area contributed by atoms with E-state index in [4.69, 9.17) is 4.74 Å². The van der Waals surface area contributed by atoms with E-state index in [2.05, 4.69) is 31.5 Å². The lowest BCUT2D eigenvalue weighted by Gasteiger charge is -2.08. The first-order chi connectivity index (χ1) is 15.1. The highest BCUT2D eigenvalue weighted by Crippen LogP contribution is 2.28. The number of nitrogens with zero attached hydrogens (tertiary/aromatic N) is 2. The van der Waals surface area contributed by atoms with Crippen molar-refractivity contribution in [3.05, 3.63) is 72.3 Å². The first-order valence-electron chi connectivity index (χ1n) is 9.95. The summed E-state index contributed by atoms with van der Waals surface area (Å²) in [6.07, 6.45) is 5.65. The number of anilines is 1. The van der Waals surface area contributed by atoms with Gasteiger partial charge in [0.25, 0.3) is 0 Å². The zero-order chi connectivity index (χ0) is 21.4. The van der Waals surface area contributed by atoms with Crippen LogP contribution in [0.4, 0.5) is 5.82 Å². The number of benzene rings is 2. The molecule has 0 spiro atoms. The van der Waals surface area contributed by atoms with Crippen LogP contribution in [-0.4, -0.2) is 33.2 Å².